The first-order chi connectivity index (χ1) is 12.4. The molecule has 0 aliphatic rings. The minimum atomic E-state index is -6.00. The molecule has 0 radical (unpaired) electrons. The minimum absolute atomic E-state index is 1.03. The van der Waals surface area contributed by atoms with E-state index in [1.165, 1.54) is 11.1 Å². The highest BCUT2D eigenvalue weighted by atomic mass is 19.5. The summed E-state index contributed by atoms with van der Waals surface area (Å²) >= 11 is 0. The van der Waals surface area contributed by atoms with Gasteiger partial charge >= 0.3 is 21.8 Å². The first-order valence-corrected chi connectivity index (χ1v) is 7.15. The normalized spacial score (nSPS) is 11.0. The third kappa shape index (κ3) is 39.0. The topological polar surface area (TPSA) is 0 Å². The van der Waals surface area contributed by atoms with Gasteiger partial charge in [-0.15, -0.1) is 0 Å². The monoisotopic (exact) mass is 429 g/mol. The Morgan fingerprint density at radius 2 is 0.571 bits per heavy atom. The van der Waals surface area contributed by atoms with Gasteiger partial charge in [0.15, 0.2) is 0 Å². The molecule has 0 atom stereocenters. The lowest BCUT2D eigenvalue weighted by molar-refractivity contribution is 0.366. The van der Waals surface area contributed by atoms with Crippen LogP contribution in [0, 0.1) is 0 Å². The van der Waals surface area contributed by atoms with Gasteiger partial charge < -0.3 is 51.8 Å². The summed E-state index contributed by atoms with van der Waals surface area (Å²) in [7, 11) is -18.0. The lowest BCUT2D eigenvalue weighted by Crippen LogP contribution is -2.02. The molecule has 0 aliphatic heterocycles. The summed E-state index contributed by atoms with van der Waals surface area (Å²) in [6.45, 7) is 0. The quantitative estimate of drug-likeness (QED) is 0.351. The van der Waals surface area contributed by atoms with Crippen molar-refractivity contribution >= 4 is 21.8 Å². The van der Waals surface area contributed by atoms with Crippen molar-refractivity contribution in [2.24, 2.45) is 0 Å². The smallest absolute Gasteiger partial charge is 0.418 e. The molecule has 2 aromatic rings. The molecule has 15 heteroatoms. The van der Waals surface area contributed by atoms with Gasteiger partial charge in [0.1, 0.15) is 0 Å². The number of benzene rings is 2. The van der Waals surface area contributed by atoms with Crippen LogP contribution < -0.4 is 0 Å². The van der Waals surface area contributed by atoms with Gasteiger partial charge in [0, 0.05) is 0 Å². The van der Waals surface area contributed by atoms with E-state index in [9.17, 15) is 51.8 Å². The van der Waals surface area contributed by atoms with Crippen LogP contribution in [0.5, 0.6) is 0 Å². The zero-order chi connectivity index (χ0) is 22.4. The standard InChI is InChI=1S/C13H12.3BF4/c1-3-7-12(8-4-1)11-13-9-5-2-6-10-13;3*2-1(3,4)5/h1-10H,11H2;;;/q;3*-1. The lowest BCUT2D eigenvalue weighted by atomic mass is 10.1. The summed E-state index contributed by atoms with van der Waals surface area (Å²) in [5.41, 5.74) is 2.74. The van der Waals surface area contributed by atoms with Crippen molar-refractivity contribution in [1.29, 1.82) is 0 Å². The van der Waals surface area contributed by atoms with E-state index in [1.807, 2.05) is 0 Å². The fourth-order valence-electron chi connectivity index (χ4n) is 1.43. The largest absolute Gasteiger partial charge is 0.673 e. The maximum Gasteiger partial charge on any atom is 0.673 e. The molecule has 0 nitrogen and oxygen atoms in total. The van der Waals surface area contributed by atoms with Gasteiger partial charge in [-0.25, -0.2) is 0 Å². The number of rotatable bonds is 2. The predicted molar refractivity (Wildman–Crippen MR) is 86.2 cm³/mol. The van der Waals surface area contributed by atoms with E-state index < -0.39 is 21.8 Å². The average Bonchev–Trinajstić information content (AvgIpc) is 2.44. The molecule has 0 bridgehead atoms. The van der Waals surface area contributed by atoms with Crippen LogP contribution in [0.2, 0.25) is 0 Å². The highest BCUT2D eigenvalue weighted by Crippen LogP contribution is 2.08. The SMILES string of the molecule is F[B-](F)(F)F.F[B-](F)(F)F.F[B-](F)(F)F.c1ccc(Cc2ccccc2)cc1. The molecule has 0 heterocycles. The van der Waals surface area contributed by atoms with Crippen molar-refractivity contribution in [3.05, 3.63) is 71.8 Å². The van der Waals surface area contributed by atoms with E-state index in [-0.39, 0.29) is 0 Å². The second-order valence-electron chi connectivity index (χ2n) is 4.63. The van der Waals surface area contributed by atoms with Gasteiger partial charge in [0.25, 0.3) is 0 Å². The van der Waals surface area contributed by atoms with Crippen LogP contribution in [0.3, 0.4) is 0 Å². The Kier molecular flexibility index (Phi) is 13.1. The van der Waals surface area contributed by atoms with Crippen molar-refractivity contribution < 1.29 is 51.8 Å². The molecule has 0 saturated carbocycles. The molecule has 2 aromatic carbocycles. The molecule has 160 valence electrons. The lowest BCUT2D eigenvalue weighted by Gasteiger charge is -2.00. The van der Waals surface area contributed by atoms with E-state index in [0.717, 1.165) is 6.42 Å². The number of hydrogen-bond donors (Lipinski definition) is 0. The first kappa shape index (κ1) is 28.0. The van der Waals surface area contributed by atoms with Crippen LogP contribution >= 0.6 is 0 Å². The maximum atomic E-state index is 9.75. The Bertz CT molecular complexity index is 527. The van der Waals surface area contributed by atoms with Crippen molar-refractivity contribution in [1.82, 2.24) is 0 Å². The summed E-state index contributed by atoms with van der Waals surface area (Å²) in [6.07, 6.45) is 1.03. The molecule has 0 amide bonds. The van der Waals surface area contributed by atoms with Crippen LogP contribution in [0.1, 0.15) is 11.1 Å². The second kappa shape index (κ2) is 13.1. The van der Waals surface area contributed by atoms with Gasteiger partial charge in [0.05, 0.1) is 0 Å². The molecular weight excluding hydrogens is 417 g/mol. The minimum Gasteiger partial charge on any atom is -0.418 e. The summed E-state index contributed by atoms with van der Waals surface area (Å²) in [5, 5.41) is 0. The molecule has 28 heavy (non-hydrogen) atoms. The first-order valence-electron chi connectivity index (χ1n) is 7.15. The highest BCUT2D eigenvalue weighted by Gasteiger charge is 2.21. The summed E-state index contributed by atoms with van der Waals surface area (Å²) < 4.78 is 117. The van der Waals surface area contributed by atoms with Crippen LogP contribution in [-0.4, -0.2) is 21.8 Å². The van der Waals surface area contributed by atoms with E-state index in [1.54, 1.807) is 0 Å². The molecule has 0 spiro atoms. The number of halogens is 12. The van der Waals surface area contributed by atoms with E-state index in [2.05, 4.69) is 60.7 Å². The Morgan fingerprint density at radius 1 is 0.393 bits per heavy atom. The van der Waals surface area contributed by atoms with Crippen LogP contribution in [0.25, 0.3) is 0 Å². The molecule has 2 rings (SSSR count). The van der Waals surface area contributed by atoms with Crippen LogP contribution in [-0.2, 0) is 6.42 Å². The maximum absolute atomic E-state index is 9.75. The molecule has 0 fully saturated rings. The third-order valence-corrected chi connectivity index (χ3v) is 2.09. The Labute approximate surface area is 152 Å². The average molecular weight is 429 g/mol. The molecule has 0 N–H and O–H groups in total. The van der Waals surface area contributed by atoms with Crippen molar-refractivity contribution in [2.45, 2.75) is 6.42 Å². The summed E-state index contributed by atoms with van der Waals surface area (Å²) in [4.78, 5) is 0. The summed E-state index contributed by atoms with van der Waals surface area (Å²) in [5.74, 6) is 0. The Hall–Kier alpha value is -2.21. The zero-order valence-electron chi connectivity index (χ0n) is 13.7. The van der Waals surface area contributed by atoms with E-state index >= 15 is 0 Å². The van der Waals surface area contributed by atoms with Gasteiger partial charge in [-0.3, -0.25) is 0 Å². The van der Waals surface area contributed by atoms with Gasteiger partial charge in [0.2, 0.25) is 0 Å². The molecular formula is C13H12B3F12-3. The van der Waals surface area contributed by atoms with E-state index in [4.69, 9.17) is 0 Å². The fourth-order valence-corrected chi connectivity index (χ4v) is 1.43. The fraction of sp³-hybridized carbons (Fsp3) is 0.0769. The third-order valence-electron chi connectivity index (χ3n) is 2.09. The zero-order valence-corrected chi connectivity index (χ0v) is 13.7. The second-order valence-corrected chi connectivity index (χ2v) is 4.63. The van der Waals surface area contributed by atoms with Gasteiger partial charge in [-0.05, 0) is 17.5 Å². The Morgan fingerprint density at radius 3 is 0.750 bits per heavy atom. The number of hydrogen-bond acceptors (Lipinski definition) is 0. The summed E-state index contributed by atoms with van der Waals surface area (Å²) in [6, 6.07) is 21.1. The van der Waals surface area contributed by atoms with Gasteiger partial charge in [-0.2, -0.15) is 0 Å². The highest BCUT2D eigenvalue weighted by molar-refractivity contribution is 6.50. The Balaban J connectivity index is 0. The molecule has 0 aromatic heterocycles. The molecule has 0 saturated heterocycles. The van der Waals surface area contributed by atoms with Crippen molar-refractivity contribution in [3.8, 4) is 0 Å². The van der Waals surface area contributed by atoms with Crippen LogP contribution in [0.15, 0.2) is 60.7 Å². The van der Waals surface area contributed by atoms with Gasteiger partial charge in [-0.1, -0.05) is 60.7 Å². The molecule has 0 aliphatic carbocycles. The van der Waals surface area contributed by atoms with Crippen molar-refractivity contribution in [2.75, 3.05) is 0 Å². The van der Waals surface area contributed by atoms with Crippen molar-refractivity contribution in [3.63, 3.8) is 0 Å². The van der Waals surface area contributed by atoms with E-state index in [0.29, 0.717) is 0 Å². The predicted octanol–water partition coefficient (Wildman–Crippen LogP) is 7.18. The molecule has 0 unspecified atom stereocenters. The van der Waals surface area contributed by atoms with Crippen LogP contribution in [0.4, 0.5) is 51.8 Å².